The Hall–Kier alpha value is -3.37. The molecule has 1 N–H and O–H groups in total. The van der Waals surface area contributed by atoms with Crippen molar-refractivity contribution in [1.29, 1.82) is 0 Å². The molecule has 8 heteroatoms. The van der Waals surface area contributed by atoms with Crippen molar-refractivity contribution in [2.24, 2.45) is 0 Å². The number of H-pyrrole nitrogens is 1. The average Bonchev–Trinajstić information content (AvgIpc) is 3.31. The average molecular weight is 576 g/mol. The zero-order chi connectivity index (χ0) is 24.2. The molecule has 1 aromatic carbocycles. The van der Waals surface area contributed by atoms with E-state index < -0.39 is 0 Å². The lowest BCUT2D eigenvalue weighted by Crippen LogP contribution is -2.15. The number of imidazole rings is 1. The molecule has 0 fully saturated rings. The van der Waals surface area contributed by atoms with Gasteiger partial charge in [-0.05, 0) is 61.4 Å². The van der Waals surface area contributed by atoms with Gasteiger partial charge in [0.05, 0.1) is 41.8 Å². The number of hydrogen-bond donors (Lipinski definition) is 1. The summed E-state index contributed by atoms with van der Waals surface area (Å²) in [6.45, 7) is 3.50. The number of fused-ring (bicyclic) bond motifs is 1. The number of aromatic amines is 1. The molecule has 0 radical (unpaired) electrons. The Balaban J connectivity index is 1.44. The van der Waals surface area contributed by atoms with E-state index in [1.165, 1.54) is 5.56 Å². The highest BCUT2D eigenvalue weighted by Gasteiger charge is 2.18. The Morgan fingerprint density at radius 3 is 2.63 bits per heavy atom. The number of pyridine rings is 3. The number of benzene rings is 1. The summed E-state index contributed by atoms with van der Waals surface area (Å²) in [5, 5.41) is 0. The maximum atomic E-state index is 5.50. The van der Waals surface area contributed by atoms with Crippen LogP contribution in [0.25, 0.3) is 33.8 Å². The van der Waals surface area contributed by atoms with E-state index in [2.05, 4.69) is 42.0 Å². The molecule has 0 saturated carbocycles. The number of nitrogens with one attached hydrogen (secondary N) is 1. The third kappa shape index (κ3) is 5.33. The summed E-state index contributed by atoms with van der Waals surface area (Å²) in [4.78, 5) is 22.5. The minimum absolute atomic E-state index is 0.656. The molecule has 5 aromatic rings. The summed E-state index contributed by atoms with van der Waals surface area (Å²) in [6, 6.07) is 22.0. The first-order chi connectivity index (χ1) is 17.1. The van der Waals surface area contributed by atoms with Crippen molar-refractivity contribution >= 4 is 33.9 Å². The molecule has 0 saturated heterocycles. The van der Waals surface area contributed by atoms with E-state index in [-0.39, 0.29) is 0 Å². The summed E-state index contributed by atoms with van der Waals surface area (Å²) >= 11 is 2.36. The molecule has 0 aliphatic rings. The maximum Gasteiger partial charge on any atom is 0.122 e. The van der Waals surface area contributed by atoms with Crippen LogP contribution in [0, 0.1) is 6.92 Å². The van der Waals surface area contributed by atoms with Crippen molar-refractivity contribution < 1.29 is 4.74 Å². The summed E-state index contributed by atoms with van der Waals surface area (Å²) in [5.41, 5.74) is 7.14. The minimum Gasteiger partial charge on any atom is -0.496 e. The lowest BCUT2D eigenvalue weighted by molar-refractivity contribution is 0.406. The second kappa shape index (κ2) is 10.5. The van der Waals surface area contributed by atoms with Gasteiger partial charge in [-0.3, -0.25) is 9.97 Å². The Morgan fingerprint density at radius 2 is 1.77 bits per heavy atom. The zero-order valence-electron chi connectivity index (χ0n) is 19.6. The third-order valence-corrected chi connectivity index (χ3v) is 6.56. The van der Waals surface area contributed by atoms with Gasteiger partial charge in [-0.1, -0.05) is 24.3 Å². The van der Waals surface area contributed by atoms with Crippen molar-refractivity contribution in [3.8, 4) is 28.5 Å². The van der Waals surface area contributed by atoms with Crippen LogP contribution in [0.3, 0.4) is 0 Å². The van der Waals surface area contributed by atoms with Gasteiger partial charge >= 0.3 is 0 Å². The minimum atomic E-state index is 0.656. The number of nitrogens with zero attached hydrogens (tertiary/aromatic N) is 5. The van der Waals surface area contributed by atoms with Crippen LogP contribution in [0.15, 0.2) is 72.9 Å². The predicted octanol–water partition coefficient (Wildman–Crippen LogP) is 5.79. The smallest absolute Gasteiger partial charge is 0.122 e. The number of halogens is 1. The number of rotatable bonds is 8. The molecule has 7 nitrogen and oxygen atoms in total. The number of ether oxygens (including phenoxy) is 1. The molecule has 5 rings (SSSR count). The summed E-state index contributed by atoms with van der Waals surface area (Å²) in [6.07, 6.45) is 2.66. The summed E-state index contributed by atoms with van der Waals surface area (Å²) in [5.74, 6) is 1.78. The molecule has 4 heterocycles. The van der Waals surface area contributed by atoms with E-state index >= 15 is 0 Å². The molecule has 0 amide bonds. The van der Waals surface area contributed by atoms with E-state index in [0.717, 1.165) is 64.0 Å². The highest BCUT2D eigenvalue weighted by Crippen LogP contribution is 2.30. The molecule has 4 aromatic heterocycles. The first kappa shape index (κ1) is 23.4. The Labute approximate surface area is 218 Å². The fourth-order valence-corrected chi connectivity index (χ4v) is 4.60. The quantitative estimate of drug-likeness (QED) is 0.186. The van der Waals surface area contributed by atoms with Gasteiger partial charge in [-0.25, -0.2) is 13.1 Å². The normalized spacial score (nSPS) is 11.3. The van der Waals surface area contributed by atoms with E-state index in [4.69, 9.17) is 19.7 Å². The highest BCUT2D eigenvalue weighted by molar-refractivity contribution is 14.1. The number of aryl methyl sites for hydroxylation is 1. The molecule has 0 unspecified atom stereocenters. The molecule has 0 spiro atoms. The van der Waals surface area contributed by atoms with Gasteiger partial charge in [0.15, 0.2) is 0 Å². The first-order valence-corrected chi connectivity index (χ1v) is 12.3. The fraction of sp³-hybridized carbons (Fsp3) is 0.185. The van der Waals surface area contributed by atoms with Gasteiger partial charge < -0.3 is 9.72 Å². The molecule has 0 aliphatic heterocycles. The topological polar surface area (TPSA) is 79.8 Å². The molecule has 176 valence electrons. The zero-order valence-corrected chi connectivity index (χ0v) is 21.7. The van der Waals surface area contributed by atoms with Gasteiger partial charge in [0.25, 0.3) is 0 Å². The van der Waals surface area contributed by atoms with Crippen molar-refractivity contribution in [3.05, 3.63) is 90.0 Å². The van der Waals surface area contributed by atoms with Gasteiger partial charge in [-0.2, -0.15) is 0 Å². The van der Waals surface area contributed by atoms with Crippen LogP contribution in [-0.2, 0) is 13.0 Å². The Morgan fingerprint density at radius 1 is 0.886 bits per heavy atom. The van der Waals surface area contributed by atoms with Crippen LogP contribution in [0.2, 0.25) is 0 Å². The van der Waals surface area contributed by atoms with E-state index in [0.29, 0.717) is 6.54 Å². The van der Waals surface area contributed by atoms with Crippen LogP contribution < -0.4 is 4.74 Å². The molecular formula is C27H25IN6O. The van der Waals surface area contributed by atoms with Crippen LogP contribution >= 0.6 is 22.9 Å². The van der Waals surface area contributed by atoms with Crippen molar-refractivity contribution in [2.75, 3.05) is 13.7 Å². The van der Waals surface area contributed by atoms with Gasteiger partial charge in [-0.15, -0.1) is 0 Å². The van der Waals surface area contributed by atoms with Gasteiger partial charge in [0.2, 0.25) is 0 Å². The number of aromatic nitrogens is 5. The standard InChI is InChI=1S/C27H25IN6O/c1-18-7-5-9-22(30-18)26-27(23-13-12-20-21(31-23)10-6-15-29-20)33-25(32-26)17-34(28)16-14-19-8-3-4-11-24(19)35-2/h3-13,15H,14,16-17H2,1-2H3,(H,32,33). The van der Waals surface area contributed by atoms with Crippen LogP contribution in [0.1, 0.15) is 17.1 Å². The molecule has 0 atom stereocenters. The Bertz CT molecular complexity index is 1470. The van der Waals surface area contributed by atoms with E-state index in [1.54, 1.807) is 13.3 Å². The fourth-order valence-electron chi connectivity index (χ4n) is 4.03. The van der Waals surface area contributed by atoms with E-state index in [9.17, 15) is 0 Å². The third-order valence-electron chi connectivity index (χ3n) is 5.73. The Kier molecular flexibility index (Phi) is 7.01. The number of para-hydroxylation sites is 1. The van der Waals surface area contributed by atoms with E-state index in [1.807, 2.05) is 67.6 Å². The largest absolute Gasteiger partial charge is 0.496 e. The first-order valence-electron chi connectivity index (χ1n) is 11.4. The second-order valence-electron chi connectivity index (χ2n) is 8.22. The van der Waals surface area contributed by atoms with Crippen LogP contribution in [-0.4, -0.2) is 41.7 Å². The molecular weight excluding hydrogens is 551 g/mol. The monoisotopic (exact) mass is 576 g/mol. The maximum absolute atomic E-state index is 5.50. The van der Waals surface area contributed by atoms with Gasteiger partial charge in [0, 0.05) is 41.3 Å². The molecule has 0 bridgehead atoms. The lowest BCUT2D eigenvalue weighted by atomic mass is 10.1. The van der Waals surface area contributed by atoms with Crippen molar-refractivity contribution in [1.82, 2.24) is 28.0 Å². The highest BCUT2D eigenvalue weighted by atomic mass is 127. The SMILES string of the molecule is COc1ccccc1CCN(I)Cc1nc(-c2cccc(C)n2)c(-c2ccc3ncccc3n2)[nH]1. The second-order valence-corrected chi connectivity index (χ2v) is 9.58. The summed E-state index contributed by atoms with van der Waals surface area (Å²) in [7, 11) is 1.71. The van der Waals surface area contributed by atoms with Crippen molar-refractivity contribution in [2.45, 2.75) is 19.9 Å². The van der Waals surface area contributed by atoms with Crippen LogP contribution in [0.5, 0.6) is 5.75 Å². The predicted molar refractivity (Wildman–Crippen MR) is 146 cm³/mol. The van der Waals surface area contributed by atoms with Crippen molar-refractivity contribution in [3.63, 3.8) is 0 Å². The number of methoxy groups -OCH3 is 1. The molecule has 0 aliphatic carbocycles. The summed E-state index contributed by atoms with van der Waals surface area (Å²) < 4.78 is 7.72. The lowest BCUT2D eigenvalue weighted by Gasteiger charge is -2.14. The number of hydrogen-bond acceptors (Lipinski definition) is 6. The van der Waals surface area contributed by atoms with Gasteiger partial charge in [0.1, 0.15) is 17.3 Å². The molecule has 35 heavy (non-hydrogen) atoms. The van der Waals surface area contributed by atoms with Crippen LogP contribution in [0.4, 0.5) is 0 Å².